The number of aryl methyl sites for hydroxylation is 1. The summed E-state index contributed by atoms with van der Waals surface area (Å²) in [5.41, 5.74) is 0.913. The number of amides is 1. The maximum Gasteiger partial charge on any atom is 0.244 e. The van der Waals surface area contributed by atoms with Gasteiger partial charge < -0.3 is 4.90 Å². The van der Waals surface area contributed by atoms with Gasteiger partial charge in [0.25, 0.3) is 0 Å². The van der Waals surface area contributed by atoms with Crippen LogP contribution >= 0.6 is 11.6 Å². The number of sulfonamides is 1. The van der Waals surface area contributed by atoms with Gasteiger partial charge in [-0.3, -0.25) is 4.79 Å². The molecule has 0 aromatic heterocycles. The average Bonchev–Trinajstić information content (AvgIpc) is 2.46. The van der Waals surface area contributed by atoms with E-state index in [-0.39, 0.29) is 21.7 Å². The number of nitrogens with zero attached hydrogens (tertiary/aromatic N) is 2. The molecule has 0 N–H and O–H groups in total. The van der Waals surface area contributed by atoms with Gasteiger partial charge in [0.05, 0.1) is 5.02 Å². The first kappa shape index (κ1) is 17.2. The van der Waals surface area contributed by atoms with E-state index in [0.29, 0.717) is 26.2 Å². The van der Waals surface area contributed by atoms with Gasteiger partial charge in [-0.15, -0.1) is 0 Å². The van der Waals surface area contributed by atoms with Crippen molar-refractivity contribution in [3.8, 4) is 0 Å². The van der Waals surface area contributed by atoms with E-state index >= 15 is 0 Å². The lowest BCUT2D eigenvalue weighted by atomic mass is 10.2. The molecular weight excluding hydrogens is 324 g/mol. The molecule has 1 aliphatic rings. The van der Waals surface area contributed by atoms with E-state index in [0.717, 1.165) is 5.56 Å². The van der Waals surface area contributed by atoms with E-state index in [2.05, 4.69) is 0 Å². The Labute approximate surface area is 136 Å². The number of rotatable bonds is 3. The summed E-state index contributed by atoms with van der Waals surface area (Å²) in [6.07, 6.45) is 0. The zero-order valence-corrected chi connectivity index (χ0v) is 14.6. The summed E-state index contributed by atoms with van der Waals surface area (Å²) in [7, 11) is -3.62. The fourth-order valence-corrected chi connectivity index (χ4v) is 4.46. The molecule has 1 heterocycles. The van der Waals surface area contributed by atoms with Crippen LogP contribution in [0, 0.1) is 12.8 Å². The van der Waals surface area contributed by atoms with Gasteiger partial charge >= 0.3 is 0 Å². The lowest BCUT2D eigenvalue weighted by Crippen LogP contribution is -2.51. The number of carbonyl (C=O) groups excluding carboxylic acids is 1. The second-order valence-electron chi connectivity index (χ2n) is 5.82. The normalized spacial score (nSPS) is 17.0. The first-order valence-electron chi connectivity index (χ1n) is 7.28. The largest absolute Gasteiger partial charge is 0.340 e. The Balaban J connectivity index is 2.14. The number of hydrogen-bond acceptors (Lipinski definition) is 3. The van der Waals surface area contributed by atoms with Crippen LogP contribution in [0.1, 0.15) is 19.4 Å². The molecule has 0 radical (unpaired) electrons. The van der Waals surface area contributed by atoms with E-state index in [1.165, 1.54) is 4.31 Å². The fourth-order valence-electron chi connectivity index (χ4n) is 2.47. The number of piperazine rings is 1. The first-order valence-corrected chi connectivity index (χ1v) is 9.10. The molecule has 0 spiro atoms. The highest BCUT2D eigenvalue weighted by atomic mass is 35.5. The van der Waals surface area contributed by atoms with Gasteiger partial charge in [-0.25, -0.2) is 8.42 Å². The van der Waals surface area contributed by atoms with Gasteiger partial charge in [0.1, 0.15) is 4.90 Å². The molecule has 0 unspecified atom stereocenters. The van der Waals surface area contributed by atoms with Crippen molar-refractivity contribution in [2.24, 2.45) is 5.92 Å². The Morgan fingerprint density at radius 2 is 1.77 bits per heavy atom. The Bertz CT molecular complexity index is 665. The molecule has 1 aliphatic heterocycles. The second-order valence-corrected chi connectivity index (χ2v) is 8.13. The maximum atomic E-state index is 12.7. The molecule has 5 nitrogen and oxygen atoms in total. The van der Waals surface area contributed by atoms with Crippen LogP contribution in [-0.4, -0.2) is 49.7 Å². The van der Waals surface area contributed by atoms with Crippen molar-refractivity contribution in [2.45, 2.75) is 25.7 Å². The highest BCUT2D eigenvalue weighted by Gasteiger charge is 2.31. The van der Waals surface area contributed by atoms with Gasteiger partial charge in [0.2, 0.25) is 15.9 Å². The zero-order valence-electron chi connectivity index (χ0n) is 13.0. The molecule has 22 heavy (non-hydrogen) atoms. The van der Waals surface area contributed by atoms with Gasteiger partial charge in [0.15, 0.2) is 0 Å². The molecule has 0 aliphatic carbocycles. The fraction of sp³-hybridized carbons (Fsp3) is 0.533. The van der Waals surface area contributed by atoms with Crippen molar-refractivity contribution < 1.29 is 13.2 Å². The standard InChI is InChI=1S/C15H21ClN2O3S/c1-11(2)15(19)17-6-8-18(9-7-17)22(20,21)14-5-4-12(3)10-13(14)16/h4-5,10-11H,6-9H2,1-3H3. The van der Waals surface area contributed by atoms with Crippen LogP contribution in [-0.2, 0) is 14.8 Å². The first-order chi connectivity index (χ1) is 10.2. The van der Waals surface area contributed by atoms with Crippen LogP contribution < -0.4 is 0 Å². The van der Waals surface area contributed by atoms with Gasteiger partial charge in [-0.1, -0.05) is 31.5 Å². The van der Waals surface area contributed by atoms with Crippen molar-refractivity contribution in [2.75, 3.05) is 26.2 Å². The van der Waals surface area contributed by atoms with E-state index in [1.807, 2.05) is 20.8 Å². The zero-order chi connectivity index (χ0) is 16.5. The van der Waals surface area contributed by atoms with Crippen molar-refractivity contribution in [1.29, 1.82) is 0 Å². The topological polar surface area (TPSA) is 57.7 Å². The summed E-state index contributed by atoms with van der Waals surface area (Å²) in [6, 6.07) is 4.92. The second kappa shape index (κ2) is 6.56. The van der Waals surface area contributed by atoms with Crippen LogP contribution in [0.4, 0.5) is 0 Å². The highest BCUT2D eigenvalue weighted by molar-refractivity contribution is 7.89. The Morgan fingerprint density at radius 3 is 2.27 bits per heavy atom. The third-order valence-corrected chi connectivity index (χ3v) is 6.13. The SMILES string of the molecule is Cc1ccc(S(=O)(=O)N2CCN(C(=O)C(C)C)CC2)c(Cl)c1. The van der Waals surface area contributed by atoms with Crippen molar-refractivity contribution >= 4 is 27.5 Å². The molecular formula is C15H21ClN2O3S. The minimum atomic E-state index is -3.62. The van der Waals surface area contributed by atoms with Crippen LogP contribution in [0.3, 0.4) is 0 Å². The van der Waals surface area contributed by atoms with E-state index in [4.69, 9.17) is 11.6 Å². The lowest BCUT2D eigenvalue weighted by Gasteiger charge is -2.35. The molecule has 7 heteroatoms. The van der Waals surface area contributed by atoms with Gasteiger partial charge in [0, 0.05) is 32.1 Å². The number of halogens is 1. The number of hydrogen-bond donors (Lipinski definition) is 0. The molecule has 1 aromatic rings. The third-order valence-electron chi connectivity index (χ3n) is 3.75. The molecule has 1 fully saturated rings. The van der Waals surface area contributed by atoms with E-state index in [1.54, 1.807) is 23.1 Å². The van der Waals surface area contributed by atoms with Gasteiger partial charge in [-0.05, 0) is 24.6 Å². The Hall–Kier alpha value is -1.11. The molecule has 1 amide bonds. The monoisotopic (exact) mass is 344 g/mol. The minimum Gasteiger partial charge on any atom is -0.340 e. The lowest BCUT2D eigenvalue weighted by molar-refractivity contribution is -0.135. The van der Waals surface area contributed by atoms with Gasteiger partial charge in [-0.2, -0.15) is 4.31 Å². The molecule has 1 saturated heterocycles. The van der Waals surface area contributed by atoms with E-state index in [9.17, 15) is 13.2 Å². The molecule has 1 aromatic carbocycles. The van der Waals surface area contributed by atoms with Crippen LogP contribution in [0.2, 0.25) is 5.02 Å². The maximum absolute atomic E-state index is 12.7. The highest BCUT2D eigenvalue weighted by Crippen LogP contribution is 2.26. The van der Waals surface area contributed by atoms with Crippen molar-refractivity contribution in [3.63, 3.8) is 0 Å². The Kier molecular flexibility index (Phi) is 5.14. The summed E-state index contributed by atoms with van der Waals surface area (Å²) in [5, 5.41) is 0.237. The van der Waals surface area contributed by atoms with Crippen LogP contribution in [0.5, 0.6) is 0 Å². The Morgan fingerprint density at radius 1 is 1.18 bits per heavy atom. The van der Waals surface area contributed by atoms with Crippen molar-refractivity contribution in [3.05, 3.63) is 28.8 Å². The minimum absolute atomic E-state index is 0.0606. The summed E-state index contributed by atoms with van der Waals surface area (Å²) >= 11 is 6.08. The molecule has 2 rings (SSSR count). The molecule has 0 saturated carbocycles. The number of carbonyl (C=O) groups is 1. The smallest absolute Gasteiger partial charge is 0.244 e. The number of benzene rings is 1. The van der Waals surface area contributed by atoms with Crippen LogP contribution in [0.25, 0.3) is 0 Å². The molecule has 0 atom stereocenters. The summed E-state index contributed by atoms with van der Waals surface area (Å²) < 4.78 is 26.7. The van der Waals surface area contributed by atoms with Crippen LogP contribution in [0.15, 0.2) is 23.1 Å². The third kappa shape index (κ3) is 3.45. The quantitative estimate of drug-likeness (QED) is 0.844. The molecule has 0 bridgehead atoms. The summed E-state index contributed by atoms with van der Waals surface area (Å²) in [4.78, 5) is 13.8. The molecule has 122 valence electrons. The average molecular weight is 345 g/mol. The van der Waals surface area contributed by atoms with E-state index < -0.39 is 10.0 Å². The van der Waals surface area contributed by atoms with Crippen molar-refractivity contribution in [1.82, 2.24) is 9.21 Å². The predicted molar refractivity (Wildman–Crippen MR) is 86.4 cm³/mol. The summed E-state index contributed by atoms with van der Waals surface area (Å²) in [6.45, 7) is 6.98. The predicted octanol–water partition coefficient (Wildman–Crippen LogP) is 2.14. The summed E-state index contributed by atoms with van der Waals surface area (Å²) in [5.74, 6) is -0.0138.